The normalized spacial score (nSPS) is 26.6. The predicted octanol–water partition coefficient (Wildman–Crippen LogP) is 1.15. The molecule has 2 bridgehead atoms. The number of halogens is 2. The van der Waals surface area contributed by atoms with Crippen molar-refractivity contribution < 1.29 is 9.84 Å². The van der Waals surface area contributed by atoms with E-state index >= 15 is 0 Å². The molecular weight excluding hydrogens is 435 g/mol. The average molecular weight is 451 g/mol. The van der Waals surface area contributed by atoms with Crippen molar-refractivity contribution in [2.75, 3.05) is 5.73 Å². The number of ether oxygens (including phenoxy) is 1. The van der Waals surface area contributed by atoms with Crippen LogP contribution in [0.15, 0.2) is 38.5 Å². The van der Waals surface area contributed by atoms with Crippen molar-refractivity contribution >= 4 is 34.9 Å². The van der Waals surface area contributed by atoms with Gasteiger partial charge in [-0.15, -0.1) is 10.2 Å². The maximum absolute atomic E-state index is 12.0. The molecule has 2 aromatic rings. The Bertz CT molecular complexity index is 1210. The molecule has 3 fully saturated rings. The largest absolute Gasteiger partial charge is 0.434 e. The van der Waals surface area contributed by atoms with Gasteiger partial charge in [0.15, 0.2) is 12.0 Å². The van der Waals surface area contributed by atoms with E-state index in [0.717, 1.165) is 35.4 Å². The van der Waals surface area contributed by atoms with Crippen LogP contribution in [0.1, 0.15) is 19.3 Å². The van der Waals surface area contributed by atoms with Crippen LogP contribution in [-0.2, 0) is 0 Å². The highest BCUT2D eigenvalue weighted by Crippen LogP contribution is 2.68. The van der Waals surface area contributed by atoms with Gasteiger partial charge in [0.1, 0.15) is 0 Å². The molecule has 4 aliphatic rings. The number of H-pyrrole nitrogens is 1. The Labute approximate surface area is 178 Å². The van der Waals surface area contributed by atoms with Crippen molar-refractivity contribution in [2.24, 2.45) is 16.4 Å². The van der Waals surface area contributed by atoms with Crippen molar-refractivity contribution in [1.82, 2.24) is 20.2 Å². The van der Waals surface area contributed by atoms with Crippen molar-refractivity contribution in [2.45, 2.75) is 25.5 Å². The van der Waals surface area contributed by atoms with Crippen LogP contribution in [-0.4, -0.2) is 32.0 Å². The summed E-state index contributed by atoms with van der Waals surface area (Å²) in [5, 5.41) is 18.2. The van der Waals surface area contributed by atoms with E-state index < -0.39 is 17.5 Å². The number of aromatic amines is 1. The Morgan fingerprint density at radius 2 is 1.90 bits per heavy atom. The Balaban J connectivity index is 1.46. The van der Waals surface area contributed by atoms with E-state index in [1.807, 2.05) is 0 Å². The predicted molar refractivity (Wildman–Crippen MR) is 110 cm³/mol. The van der Waals surface area contributed by atoms with E-state index in [0.29, 0.717) is 0 Å². The highest BCUT2D eigenvalue weighted by Gasteiger charge is 2.60. The van der Waals surface area contributed by atoms with Gasteiger partial charge in [0, 0.05) is 6.08 Å². The van der Waals surface area contributed by atoms with Gasteiger partial charge in [0.05, 0.1) is 15.7 Å². The molecule has 0 spiro atoms. The number of benzene rings is 1. The average Bonchev–Trinajstić information content (AvgIpc) is 2.61. The van der Waals surface area contributed by atoms with Gasteiger partial charge in [0.25, 0.3) is 5.56 Å². The van der Waals surface area contributed by atoms with E-state index in [1.54, 1.807) is 6.08 Å². The standard InChI is InChI=1S/C18H16Cl2N6O4/c19-10-1-8(26-17(29)22-16(28)14(21)25-26)2-11(20)13(10)30-12-3-9(15(27)24-23-12)18-4-7(5-18)6-18/h1-3,7,15,24,27H,4-6H2,(H2,21,25)(H,22,28,29). The first-order valence-electron chi connectivity index (χ1n) is 9.15. The SMILES string of the molecule is Nc1nn(-c2cc(Cl)c(OC3=NNC(O)C(C45CC(C4)C5)=C3)c(Cl)c2)c(=O)[nH]c1=O. The van der Waals surface area contributed by atoms with Crippen LogP contribution < -0.4 is 27.1 Å². The smallest absolute Gasteiger partial charge is 0.349 e. The molecule has 0 amide bonds. The van der Waals surface area contributed by atoms with Crippen LogP contribution in [0.5, 0.6) is 5.75 Å². The van der Waals surface area contributed by atoms with Crippen molar-refractivity contribution in [3.63, 3.8) is 0 Å². The summed E-state index contributed by atoms with van der Waals surface area (Å²) in [6.45, 7) is 0. The lowest BCUT2D eigenvalue weighted by Crippen LogP contribution is -2.57. The van der Waals surface area contributed by atoms with Gasteiger partial charge in [0.2, 0.25) is 11.7 Å². The number of hydrogen-bond acceptors (Lipinski definition) is 8. The Hall–Kier alpha value is -2.82. The Kier molecular flexibility index (Phi) is 4.21. The zero-order valence-electron chi connectivity index (χ0n) is 15.4. The van der Waals surface area contributed by atoms with Crippen molar-refractivity contribution in [3.05, 3.63) is 54.7 Å². The topological polar surface area (TPSA) is 148 Å². The zero-order chi connectivity index (χ0) is 21.2. The summed E-state index contributed by atoms with van der Waals surface area (Å²) in [7, 11) is 0. The minimum atomic E-state index is -0.851. The molecule has 2 heterocycles. The molecule has 10 nitrogen and oxygen atoms in total. The zero-order valence-corrected chi connectivity index (χ0v) is 16.9. The third-order valence-electron chi connectivity index (χ3n) is 5.81. The Morgan fingerprint density at radius 3 is 2.50 bits per heavy atom. The quantitative estimate of drug-likeness (QED) is 0.547. The van der Waals surface area contributed by atoms with Crippen LogP contribution in [0, 0.1) is 11.3 Å². The van der Waals surface area contributed by atoms with Gasteiger partial charge >= 0.3 is 5.69 Å². The second kappa shape index (κ2) is 6.59. The molecule has 30 heavy (non-hydrogen) atoms. The van der Waals surface area contributed by atoms with Gasteiger partial charge in [-0.2, -0.15) is 4.68 Å². The minimum absolute atomic E-state index is 0.0239. The molecule has 3 aliphatic carbocycles. The number of nitrogens with one attached hydrogen (secondary N) is 2. The number of nitrogens with two attached hydrogens (primary N) is 1. The van der Waals surface area contributed by atoms with E-state index in [1.165, 1.54) is 12.1 Å². The molecule has 3 saturated carbocycles. The molecule has 12 heteroatoms. The molecule has 1 atom stereocenters. The van der Waals surface area contributed by atoms with E-state index in [9.17, 15) is 14.7 Å². The number of rotatable bonds is 3. The fourth-order valence-electron chi connectivity index (χ4n) is 4.22. The van der Waals surface area contributed by atoms with E-state index in [2.05, 4.69) is 20.6 Å². The van der Waals surface area contributed by atoms with Gasteiger partial charge < -0.3 is 15.6 Å². The third-order valence-corrected chi connectivity index (χ3v) is 6.37. The van der Waals surface area contributed by atoms with Crippen LogP contribution in [0.3, 0.4) is 0 Å². The van der Waals surface area contributed by atoms with Gasteiger partial charge in [-0.05, 0) is 48.3 Å². The number of hydrogen-bond donors (Lipinski definition) is 4. The fraction of sp³-hybridized carbons (Fsp3) is 0.333. The molecule has 1 aliphatic heterocycles. The molecule has 5 N–H and O–H groups in total. The molecule has 1 unspecified atom stereocenters. The summed E-state index contributed by atoms with van der Waals surface area (Å²) < 4.78 is 6.66. The van der Waals surface area contributed by atoms with Gasteiger partial charge in [-0.25, -0.2) is 4.79 Å². The summed E-state index contributed by atoms with van der Waals surface area (Å²) in [6, 6.07) is 2.79. The third kappa shape index (κ3) is 2.91. The lowest BCUT2D eigenvalue weighted by atomic mass is 9.41. The number of aliphatic hydroxyl groups is 1. The molecule has 0 saturated heterocycles. The first kappa shape index (κ1) is 19.2. The first-order chi connectivity index (χ1) is 14.3. The van der Waals surface area contributed by atoms with Gasteiger partial charge in [-0.3, -0.25) is 15.2 Å². The van der Waals surface area contributed by atoms with Gasteiger partial charge in [-0.1, -0.05) is 23.2 Å². The Morgan fingerprint density at radius 1 is 1.23 bits per heavy atom. The first-order valence-corrected chi connectivity index (χ1v) is 9.91. The summed E-state index contributed by atoms with van der Waals surface area (Å²) >= 11 is 12.7. The second-order valence-electron chi connectivity index (χ2n) is 7.74. The van der Waals surface area contributed by atoms with Crippen LogP contribution in [0.2, 0.25) is 10.0 Å². The number of aromatic nitrogens is 3. The molecular formula is C18H16Cl2N6O4. The highest BCUT2D eigenvalue weighted by atomic mass is 35.5. The van der Waals surface area contributed by atoms with E-state index in [4.69, 9.17) is 33.7 Å². The highest BCUT2D eigenvalue weighted by molar-refractivity contribution is 6.37. The summed E-state index contributed by atoms with van der Waals surface area (Å²) in [5.41, 5.74) is 7.61. The van der Waals surface area contributed by atoms with Crippen LogP contribution in [0.4, 0.5) is 5.82 Å². The monoisotopic (exact) mass is 450 g/mol. The number of hydrazone groups is 1. The summed E-state index contributed by atoms with van der Waals surface area (Å²) in [4.78, 5) is 25.5. The number of anilines is 1. The van der Waals surface area contributed by atoms with Crippen LogP contribution in [0.25, 0.3) is 5.69 Å². The number of nitrogen functional groups attached to an aromatic ring is 1. The summed E-state index contributed by atoms with van der Waals surface area (Å²) in [5.74, 6) is 0.698. The van der Waals surface area contributed by atoms with Crippen molar-refractivity contribution in [1.29, 1.82) is 0 Å². The lowest BCUT2D eigenvalue weighted by Gasteiger charge is -2.63. The molecule has 156 valence electrons. The lowest BCUT2D eigenvalue weighted by molar-refractivity contribution is -0.0881. The summed E-state index contributed by atoms with van der Waals surface area (Å²) in [6.07, 6.45) is 4.04. The second-order valence-corrected chi connectivity index (χ2v) is 8.55. The number of nitrogens with zero attached hydrogens (tertiary/aromatic N) is 3. The fourth-order valence-corrected chi connectivity index (χ4v) is 4.78. The maximum atomic E-state index is 12.0. The van der Waals surface area contributed by atoms with Crippen molar-refractivity contribution in [3.8, 4) is 11.4 Å². The molecule has 1 aromatic heterocycles. The molecule has 6 rings (SSSR count). The maximum Gasteiger partial charge on any atom is 0.349 e. The molecule has 0 radical (unpaired) electrons. The molecule has 1 aromatic carbocycles. The van der Waals surface area contributed by atoms with E-state index in [-0.39, 0.29) is 38.6 Å². The minimum Gasteiger partial charge on any atom is -0.434 e. The number of aliphatic hydroxyl groups excluding tert-OH is 1. The van der Waals surface area contributed by atoms with Crippen LogP contribution >= 0.6 is 23.2 Å².